The van der Waals surface area contributed by atoms with Gasteiger partial charge in [0, 0.05) is 32.2 Å². The Morgan fingerprint density at radius 1 is 1.00 bits per heavy atom. The molecule has 0 saturated heterocycles. The second-order valence-electron chi connectivity index (χ2n) is 6.05. The Balaban J connectivity index is 1.86. The van der Waals surface area contributed by atoms with E-state index in [1.807, 2.05) is 0 Å². The van der Waals surface area contributed by atoms with Gasteiger partial charge in [-0.2, -0.15) is 0 Å². The normalized spacial score (nSPS) is 13.4. The molecule has 0 radical (unpaired) electrons. The van der Waals surface area contributed by atoms with Gasteiger partial charge in [0.1, 0.15) is 18.0 Å². The van der Waals surface area contributed by atoms with Crippen molar-refractivity contribution in [1.82, 2.24) is 9.97 Å². The van der Waals surface area contributed by atoms with Gasteiger partial charge in [0.2, 0.25) is 0 Å². The van der Waals surface area contributed by atoms with Crippen molar-refractivity contribution in [3.05, 3.63) is 35.7 Å². The molecule has 1 aromatic heterocycles. The minimum atomic E-state index is 0.773. The maximum absolute atomic E-state index is 5.45. The molecule has 6 heteroatoms. The molecule has 0 spiro atoms. The minimum absolute atomic E-state index is 0.773. The standard InChI is InChI=1S/C19H26N4O2/c1-5-22(6-2)18-11-19(21-13-20-18)23-8-7-14-9-16(24-3)17(25-4)10-15(14)12-23/h9-11,13H,5-8,12H2,1-4H3. The number of nitrogens with zero attached hydrogens (tertiary/aromatic N) is 4. The summed E-state index contributed by atoms with van der Waals surface area (Å²) in [5.41, 5.74) is 2.57. The van der Waals surface area contributed by atoms with Crippen molar-refractivity contribution in [2.75, 3.05) is 43.7 Å². The van der Waals surface area contributed by atoms with Crippen LogP contribution in [0.25, 0.3) is 0 Å². The molecule has 1 aromatic carbocycles. The van der Waals surface area contributed by atoms with Gasteiger partial charge < -0.3 is 19.3 Å². The van der Waals surface area contributed by atoms with E-state index in [0.29, 0.717) is 0 Å². The highest BCUT2D eigenvalue weighted by molar-refractivity contribution is 5.54. The fraction of sp³-hybridized carbons (Fsp3) is 0.474. The predicted molar refractivity (Wildman–Crippen MR) is 99.9 cm³/mol. The van der Waals surface area contributed by atoms with Gasteiger partial charge in [-0.3, -0.25) is 0 Å². The molecule has 0 amide bonds. The monoisotopic (exact) mass is 342 g/mol. The summed E-state index contributed by atoms with van der Waals surface area (Å²) in [6, 6.07) is 6.25. The molecule has 25 heavy (non-hydrogen) atoms. The smallest absolute Gasteiger partial charge is 0.161 e. The third-order valence-electron chi connectivity index (χ3n) is 4.77. The largest absolute Gasteiger partial charge is 0.493 e. The average molecular weight is 342 g/mol. The summed E-state index contributed by atoms with van der Waals surface area (Å²) in [4.78, 5) is 13.4. The van der Waals surface area contributed by atoms with Crippen LogP contribution in [0.2, 0.25) is 0 Å². The molecule has 2 aromatic rings. The second kappa shape index (κ2) is 7.59. The van der Waals surface area contributed by atoms with Crippen molar-refractivity contribution in [2.24, 2.45) is 0 Å². The molecule has 0 N–H and O–H groups in total. The first-order valence-electron chi connectivity index (χ1n) is 8.75. The molecular formula is C19H26N4O2. The van der Waals surface area contributed by atoms with E-state index in [4.69, 9.17) is 9.47 Å². The maximum atomic E-state index is 5.45. The van der Waals surface area contributed by atoms with E-state index in [-0.39, 0.29) is 0 Å². The number of ether oxygens (including phenoxy) is 2. The van der Waals surface area contributed by atoms with Crippen LogP contribution in [-0.2, 0) is 13.0 Å². The zero-order valence-electron chi connectivity index (χ0n) is 15.5. The van der Waals surface area contributed by atoms with Crippen molar-refractivity contribution in [3.8, 4) is 11.5 Å². The Hall–Kier alpha value is -2.50. The summed E-state index contributed by atoms with van der Waals surface area (Å²) < 4.78 is 10.9. The van der Waals surface area contributed by atoms with Crippen LogP contribution in [0.15, 0.2) is 24.5 Å². The third-order valence-corrected chi connectivity index (χ3v) is 4.77. The Morgan fingerprint density at radius 3 is 2.32 bits per heavy atom. The van der Waals surface area contributed by atoms with E-state index in [1.54, 1.807) is 20.5 Å². The Kier molecular flexibility index (Phi) is 5.26. The van der Waals surface area contributed by atoms with Crippen LogP contribution in [0.1, 0.15) is 25.0 Å². The van der Waals surface area contributed by atoms with Gasteiger partial charge in [0.05, 0.1) is 14.2 Å². The van der Waals surface area contributed by atoms with Crippen LogP contribution in [0.3, 0.4) is 0 Å². The molecule has 3 rings (SSSR count). The van der Waals surface area contributed by atoms with Crippen molar-refractivity contribution in [3.63, 3.8) is 0 Å². The van der Waals surface area contributed by atoms with Gasteiger partial charge in [-0.05, 0) is 43.5 Å². The highest BCUT2D eigenvalue weighted by Gasteiger charge is 2.21. The number of aromatic nitrogens is 2. The summed E-state index contributed by atoms with van der Waals surface area (Å²) in [6.07, 6.45) is 2.62. The van der Waals surface area contributed by atoms with Gasteiger partial charge in [-0.25, -0.2) is 9.97 Å². The molecule has 0 aliphatic carbocycles. The number of rotatable bonds is 6. The first kappa shape index (κ1) is 17.3. The molecule has 2 heterocycles. The van der Waals surface area contributed by atoms with E-state index in [9.17, 15) is 0 Å². The molecule has 0 bridgehead atoms. The average Bonchev–Trinajstić information content (AvgIpc) is 2.67. The molecule has 0 atom stereocenters. The van der Waals surface area contributed by atoms with E-state index < -0.39 is 0 Å². The third kappa shape index (κ3) is 3.48. The summed E-state index contributed by atoms with van der Waals surface area (Å²) in [6.45, 7) is 7.89. The quantitative estimate of drug-likeness (QED) is 0.804. The van der Waals surface area contributed by atoms with Crippen LogP contribution in [0.5, 0.6) is 11.5 Å². The molecule has 1 aliphatic rings. The second-order valence-corrected chi connectivity index (χ2v) is 6.05. The van der Waals surface area contributed by atoms with Crippen LogP contribution >= 0.6 is 0 Å². The SMILES string of the molecule is CCN(CC)c1cc(N2CCc3cc(OC)c(OC)cc3C2)ncn1. The molecule has 134 valence electrons. The summed E-state index contributed by atoms with van der Waals surface area (Å²) >= 11 is 0. The number of methoxy groups -OCH3 is 2. The Labute approximate surface area is 149 Å². The number of anilines is 2. The molecule has 6 nitrogen and oxygen atoms in total. The zero-order valence-corrected chi connectivity index (χ0v) is 15.5. The Bertz CT molecular complexity index is 731. The number of hydrogen-bond acceptors (Lipinski definition) is 6. The van der Waals surface area contributed by atoms with Gasteiger partial charge in [0.15, 0.2) is 11.5 Å². The van der Waals surface area contributed by atoms with Crippen LogP contribution in [0.4, 0.5) is 11.6 Å². The van der Waals surface area contributed by atoms with Crippen molar-refractivity contribution < 1.29 is 9.47 Å². The Morgan fingerprint density at radius 2 is 1.68 bits per heavy atom. The topological polar surface area (TPSA) is 50.7 Å². The molecule has 0 fully saturated rings. The van der Waals surface area contributed by atoms with Crippen molar-refractivity contribution >= 4 is 11.6 Å². The number of fused-ring (bicyclic) bond motifs is 1. The lowest BCUT2D eigenvalue weighted by atomic mass is 9.99. The molecular weight excluding hydrogens is 316 g/mol. The molecule has 0 unspecified atom stereocenters. The van der Waals surface area contributed by atoms with Crippen molar-refractivity contribution in [1.29, 1.82) is 0 Å². The lowest BCUT2D eigenvalue weighted by Crippen LogP contribution is -2.31. The molecule has 0 saturated carbocycles. The van der Waals surface area contributed by atoms with Crippen molar-refractivity contribution in [2.45, 2.75) is 26.8 Å². The summed E-state index contributed by atoms with van der Waals surface area (Å²) in [5, 5.41) is 0. The van der Waals surface area contributed by atoms with E-state index in [1.165, 1.54) is 11.1 Å². The van der Waals surface area contributed by atoms with Gasteiger partial charge >= 0.3 is 0 Å². The van der Waals surface area contributed by atoms with Crippen LogP contribution < -0.4 is 19.3 Å². The molecule has 1 aliphatic heterocycles. The van der Waals surface area contributed by atoms with E-state index in [0.717, 1.165) is 55.7 Å². The van der Waals surface area contributed by atoms with E-state index >= 15 is 0 Å². The van der Waals surface area contributed by atoms with Crippen LogP contribution in [0, 0.1) is 0 Å². The first-order chi connectivity index (χ1) is 12.2. The fourth-order valence-corrected chi connectivity index (χ4v) is 3.31. The predicted octanol–water partition coefficient (Wildman–Crippen LogP) is 2.90. The van der Waals surface area contributed by atoms with Gasteiger partial charge in [-0.1, -0.05) is 0 Å². The summed E-state index contributed by atoms with van der Waals surface area (Å²) in [7, 11) is 3.35. The van der Waals surface area contributed by atoms with Gasteiger partial charge in [-0.15, -0.1) is 0 Å². The first-order valence-corrected chi connectivity index (χ1v) is 8.75. The maximum Gasteiger partial charge on any atom is 0.161 e. The minimum Gasteiger partial charge on any atom is -0.493 e. The van der Waals surface area contributed by atoms with E-state index in [2.05, 4.69) is 51.8 Å². The number of hydrogen-bond donors (Lipinski definition) is 0. The zero-order chi connectivity index (χ0) is 17.8. The summed E-state index contributed by atoms with van der Waals surface area (Å²) in [5.74, 6) is 3.51. The lowest BCUT2D eigenvalue weighted by molar-refractivity contribution is 0.353. The highest BCUT2D eigenvalue weighted by Crippen LogP contribution is 2.34. The highest BCUT2D eigenvalue weighted by atomic mass is 16.5. The fourth-order valence-electron chi connectivity index (χ4n) is 3.31. The number of benzene rings is 1. The van der Waals surface area contributed by atoms with Gasteiger partial charge in [0.25, 0.3) is 0 Å². The van der Waals surface area contributed by atoms with Crippen LogP contribution in [-0.4, -0.2) is 43.8 Å². The lowest BCUT2D eigenvalue weighted by Gasteiger charge is -2.31.